The number of anilines is 2. The molecule has 2 aliphatic rings. The highest BCUT2D eigenvalue weighted by Gasteiger charge is 2.39. The molecular weight excluding hydrogens is 438 g/mol. The molecule has 34 heavy (non-hydrogen) atoms. The summed E-state index contributed by atoms with van der Waals surface area (Å²) in [4.78, 5) is 39.1. The van der Waals surface area contributed by atoms with Crippen molar-refractivity contribution in [2.45, 2.75) is 44.4 Å². The number of hydrogen-bond donors (Lipinski definition) is 2. The fourth-order valence-corrected chi connectivity index (χ4v) is 4.37. The van der Waals surface area contributed by atoms with Crippen molar-refractivity contribution in [2.75, 3.05) is 31.4 Å². The summed E-state index contributed by atoms with van der Waals surface area (Å²) in [6.45, 7) is 2.15. The smallest absolute Gasteiger partial charge is 0.323 e. The van der Waals surface area contributed by atoms with Crippen LogP contribution in [-0.4, -0.2) is 61.8 Å². The molecule has 0 radical (unpaired) electrons. The SMILES string of the molecule is COC(=O)C[C@H]1CC[C@H]2[C@H](COc3ccc(NC(=O)Nc4ccccc4C)cc3C(=O)N2C)O1. The largest absolute Gasteiger partial charge is 0.490 e. The molecule has 2 heterocycles. The van der Waals surface area contributed by atoms with E-state index in [0.29, 0.717) is 35.5 Å². The summed E-state index contributed by atoms with van der Waals surface area (Å²) < 4.78 is 16.8. The van der Waals surface area contributed by atoms with E-state index in [1.165, 1.54) is 7.11 Å². The number of carbonyl (C=O) groups excluding carboxylic acids is 3. The number of hydrogen-bond acceptors (Lipinski definition) is 6. The molecule has 180 valence electrons. The molecular formula is C25H29N3O6. The van der Waals surface area contributed by atoms with Crippen LogP contribution in [-0.2, 0) is 14.3 Å². The lowest BCUT2D eigenvalue weighted by Gasteiger charge is -2.42. The van der Waals surface area contributed by atoms with E-state index in [1.54, 1.807) is 30.1 Å². The summed E-state index contributed by atoms with van der Waals surface area (Å²) in [5.74, 6) is -0.127. The molecule has 0 aliphatic carbocycles. The van der Waals surface area contributed by atoms with E-state index in [1.807, 2.05) is 31.2 Å². The van der Waals surface area contributed by atoms with E-state index in [-0.39, 0.29) is 43.2 Å². The van der Waals surface area contributed by atoms with Gasteiger partial charge in [0.25, 0.3) is 5.91 Å². The maximum absolute atomic E-state index is 13.3. The zero-order valence-corrected chi connectivity index (χ0v) is 19.5. The number of methoxy groups -OCH3 is 1. The van der Waals surface area contributed by atoms with Gasteiger partial charge in [0.05, 0.1) is 31.2 Å². The third-order valence-corrected chi connectivity index (χ3v) is 6.28. The van der Waals surface area contributed by atoms with Gasteiger partial charge in [-0.2, -0.15) is 0 Å². The number of urea groups is 1. The molecule has 0 bridgehead atoms. The van der Waals surface area contributed by atoms with Gasteiger partial charge in [-0.1, -0.05) is 18.2 Å². The number of fused-ring (bicyclic) bond motifs is 2. The Kier molecular flexibility index (Phi) is 7.02. The third kappa shape index (κ3) is 5.14. The number of benzene rings is 2. The number of nitrogens with one attached hydrogen (secondary N) is 2. The zero-order chi connectivity index (χ0) is 24.2. The van der Waals surface area contributed by atoms with Crippen molar-refractivity contribution in [3.8, 4) is 5.75 Å². The average molecular weight is 468 g/mol. The van der Waals surface area contributed by atoms with Crippen molar-refractivity contribution in [3.63, 3.8) is 0 Å². The van der Waals surface area contributed by atoms with Crippen LogP contribution in [0.5, 0.6) is 5.75 Å². The number of likely N-dealkylation sites (N-methyl/N-ethyl adjacent to an activating group) is 1. The standard InChI is InChI=1S/C25H29N3O6/c1-15-6-4-5-7-19(15)27-25(31)26-16-8-11-21-18(12-16)24(30)28(2)20-10-9-17(13-23(29)32-3)34-22(20)14-33-21/h4-8,11-12,17,20,22H,9-10,13-14H2,1-3H3,(H2,26,27,31)/t17-,20+,22+/m1/s1. The first-order chi connectivity index (χ1) is 16.4. The number of para-hydroxylation sites is 1. The number of esters is 1. The van der Waals surface area contributed by atoms with Gasteiger partial charge in [-0.15, -0.1) is 0 Å². The Balaban J connectivity index is 1.48. The van der Waals surface area contributed by atoms with Crippen molar-refractivity contribution in [1.29, 1.82) is 0 Å². The highest BCUT2D eigenvalue weighted by Crippen LogP contribution is 2.32. The Bertz CT molecular complexity index is 1090. The molecule has 3 amide bonds. The monoisotopic (exact) mass is 467 g/mol. The molecule has 4 rings (SSSR count). The number of nitrogens with zero attached hydrogens (tertiary/aromatic N) is 1. The molecule has 1 fully saturated rings. The van der Waals surface area contributed by atoms with E-state index >= 15 is 0 Å². The Morgan fingerprint density at radius 2 is 1.94 bits per heavy atom. The predicted molar refractivity (Wildman–Crippen MR) is 126 cm³/mol. The number of ether oxygens (including phenoxy) is 3. The first-order valence-corrected chi connectivity index (χ1v) is 11.3. The fourth-order valence-electron chi connectivity index (χ4n) is 4.37. The summed E-state index contributed by atoms with van der Waals surface area (Å²) >= 11 is 0. The summed E-state index contributed by atoms with van der Waals surface area (Å²) in [6, 6.07) is 11.9. The average Bonchev–Trinajstić information content (AvgIpc) is 2.83. The Morgan fingerprint density at radius 3 is 2.71 bits per heavy atom. The molecule has 1 saturated heterocycles. The lowest BCUT2D eigenvalue weighted by Crippen LogP contribution is -2.53. The second-order valence-electron chi connectivity index (χ2n) is 8.55. The zero-order valence-electron chi connectivity index (χ0n) is 19.5. The van der Waals surface area contributed by atoms with Crippen LogP contribution in [0, 0.1) is 6.92 Å². The van der Waals surface area contributed by atoms with E-state index in [4.69, 9.17) is 14.2 Å². The highest BCUT2D eigenvalue weighted by molar-refractivity contribution is 6.02. The fraction of sp³-hybridized carbons (Fsp3) is 0.400. The Hall–Kier alpha value is -3.59. The van der Waals surface area contributed by atoms with E-state index in [2.05, 4.69) is 10.6 Å². The minimum Gasteiger partial charge on any atom is -0.490 e. The lowest BCUT2D eigenvalue weighted by atomic mass is 9.94. The van der Waals surface area contributed by atoms with Gasteiger partial charge in [0.2, 0.25) is 0 Å². The number of carbonyl (C=O) groups is 3. The van der Waals surface area contributed by atoms with Crippen LogP contribution in [0.2, 0.25) is 0 Å². The van der Waals surface area contributed by atoms with Gasteiger partial charge in [-0.05, 0) is 49.6 Å². The maximum Gasteiger partial charge on any atom is 0.323 e. The van der Waals surface area contributed by atoms with E-state index in [0.717, 1.165) is 5.56 Å². The van der Waals surface area contributed by atoms with Crippen molar-refractivity contribution in [2.24, 2.45) is 0 Å². The summed E-state index contributed by atoms with van der Waals surface area (Å²) in [6.07, 6.45) is 0.875. The topological polar surface area (TPSA) is 106 Å². The van der Waals surface area contributed by atoms with Crippen LogP contribution < -0.4 is 15.4 Å². The minimum atomic E-state index is -0.404. The van der Waals surface area contributed by atoms with Crippen LogP contribution in [0.25, 0.3) is 0 Å². The normalized spacial score (nSPS) is 21.8. The molecule has 2 aliphatic heterocycles. The van der Waals surface area contributed by atoms with Gasteiger partial charge >= 0.3 is 12.0 Å². The molecule has 2 N–H and O–H groups in total. The summed E-state index contributed by atoms with van der Waals surface area (Å²) in [5.41, 5.74) is 2.50. The first kappa shape index (κ1) is 23.6. The van der Waals surface area contributed by atoms with Crippen molar-refractivity contribution < 1.29 is 28.6 Å². The van der Waals surface area contributed by atoms with Crippen molar-refractivity contribution >= 4 is 29.3 Å². The third-order valence-electron chi connectivity index (χ3n) is 6.28. The number of aryl methyl sites for hydroxylation is 1. The molecule has 2 aromatic rings. The van der Waals surface area contributed by atoms with Crippen molar-refractivity contribution in [3.05, 3.63) is 53.6 Å². The second-order valence-corrected chi connectivity index (χ2v) is 8.55. The maximum atomic E-state index is 13.3. The van der Waals surface area contributed by atoms with Crippen LogP contribution in [0.4, 0.5) is 16.2 Å². The van der Waals surface area contributed by atoms with Crippen LogP contribution >= 0.6 is 0 Å². The van der Waals surface area contributed by atoms with E-state index in [9.17, 15) is 14.4 Å². The van der Waals surface area contributed by atoms with Gasteiger partial charge < -0.3 is 29.7 Å². The highest BCUT2D eigenvalue weighted by atomic mass is 16.5. The molecule has 9 heteroatoms. The molecule has 0 unspecified atom stereocenters. The van der Waals surface area contributed by atoms with Gasteiger partial charge in [0.15, 0.2) is 0 Å². The lowest BCUT2D eigenvalue weighted by molar-refractivity contribution is -0.151. The van der Waals surface area contributed by atoms with E-state index < -0.39 is 6.03 Å². The van der Waals surface area contributed by atoms with Crippen molar-refractivity contribution in [1.82, 2.24) is 4.90 Å². The second kappa shape index (κ2) is 10.1. The minimum absolute atomic E-state index is 0.174. The Labute approximate surface area is 198 Å². The quantitative estimate of drug-likeness (QED) is 0.666. The summed E-state index contributed by atoms with van der Waals surface area (Å²) in [7, 11) is 3.09. The van der Waals surface area contributed by atoms with Gasteiger partial charge in [-0.3, -0.25) is 9.59 Å². The predicted octanol–water partition coefficient (Wildman–Crippen LogP) is 3.58. The number of rotatable bonds is 4. The van der Waals surface area contributed by atoms with Gasteiger partial charge in [-0.25, -0.2) is 4.79 Å². The van der Waals surface area contributed by atoms with Crippen LogP contribution in [0.3, 0.4) is 0 Å². The number of amides is 3. The molecule has 9 nitrogen and oxygen atoms in total. The molecule has 0 spiro atoms. The van der Waals surface area contributed by atoms with Gasteiger partial charge in [0, 0.05) is 18.4 Å². The first-order valence-electron chi connectivity index (χ1n) is 11.3. The van der Waals surface area contributed by atoms with Gasteiger partial charge in [0.1, 0.15) is 18.5 Å². The molecule has 0 saturated carbocycles. The Morgan fingerprint density at radius 1 is 1.15 bits per heavy atom. The van der Waals surface area contributed by atoms with Crippen LogP contribution in [0.15, 0.2) is 42.5 Å². The van der Waals surface area contributed by atoms with Crippen LogP contribution in [0.1, 0.15) is 35.2 Å². The molecule has 3 atom stereocenters. The molecule has 2 aromatic carbocycles. The summed E-state index contributed by atoms with van der Waals surface area (Å²) in [5, 5.41) is 5.59. The molecule has 0 aromatic heterocycles.